The molecule has 0 bridgehead atoms. The number of hydrogen-bond donors (Lipinski definition) is 0. The average Bonchev–Trinajstić information content (AvgIpc) is 3.39. The Bertz CT molecular complexity index is 855. The summed E-state index contributed by atoms with van der Waals surface area (Å²) in [7, 11) is 0. The van der Waals surface area contributed by atoms with Crippen molar-refractivity contribution in [3.8, 4) is 0 Å². The van der Waals surface area contributed by atoms with Crippen molar-refractivity contribution in [2.75, 3.05) is 6.54 Å². The first-order valence-corrected chi connectivity index (χ1v) is 8.38. The number of nitrogens with zero attached hydrogens (tertiary/aromatic N) is 2. The van der Waals surface area contributed by atoms with Crippen molar-refractivity contribution in [2.45, 2.75) is 38.5 Å². The molecule has 1 aromatic heterocycles. The second-order valence-electron chi connectivity index (χ2n) is 6.58. The van der Waals surface area contributed by atoms with Gasteiger partial charge in [0.05, 0.1) is 0 Å². The van der Waals surface area contributed by atoms with Gasteiger partial charge in [-0.2, -0.15) is 13.2 Å². The molecule has 0 N–H and O–H groups in total. The van der Waals surface area contributed by atoms with Crippen LogP contribution >= 0.6 is 0 Å². The van der Waals surface area contributed by atoms with Crippen LogP contribution in [0, 0.1) is 6.92 Å². The fraction of sp³-hybridized carbons (Fsp3) is 0.368. The normalized spacial score (nSPS) is 14.3. The molecule has 3 rings (SSSR count). The Hall–Kier alpha value is -2.57. The average molecular weight is 364 g/mol. The maximum absolute atomic E-state index is 13.0. The standard InChI is InChI=1S/C19H19F3N2O2/c1-13-9-10-24(15-7-8-15)18(26)16(13)17(25)23(12-19(20,21)22)11-14-5-3-2-4-6-14/h2-6,9-10,15H,7-8,11-12H2,1H3. The van der Waals surface area contributed by atoms with Crippen LogP contribution < -0.4 is 5.56 Å². The minimum atomic E-state index is -4.55. The summed E-state index contributed by atoms with van der Waals surface area (Å²) in [6.07, 6.45) is -1.26. The lowest BCUT2D eigenvalue weighted by Gasteiger charge is -2.25. The van der Waals surface area contributed by atoms with Crippen molar-refractivity contribution in [3.63, 3.8) is 0 Å². The highest BCUT2D eigenvalue weighted by Gasteiger charge is 2.35. The maximum atomic E-state index is 13.0. The minimum absolute atomic E-state index is 0.0415. The Balaban J connectivity index is 1.97. The summed E-state index contributed by atoms with van der Waals surface area (Å²) >= 11 is 0. The number of amides is 1. The van der Waals surface area contributed by atoms with Crippen LogP contribution in [-0.4, -0.2) is 28.1 Å². The zero-order valence-electron chi connectivity index (χ0n) is 14.3. The molecule has 1 amide bonds. The van der Waals surface area contributed by atoms with E-state index in [0.717, 1.165) is 12.8 Å². The molecule has 0 atom stereocenters. The monoisotopic (exact) mass is 364 g/mol. The summed E-state index contributed by atoms with van der Waals surface area (Å²) in [5, 5.41) is 0. The first kappa shape index (κ1) is 18.2. The van der Waals surface area contributed by atoms with Crippen molar-refractivity contribution in [1.82, 2.24) is 9.47 Å². The minimum Gasteiger partial charge on any atom is -0.325 e. The lowest BCUT2D eigenvalue weighted by Crippen LogP contribution is -2.42. The van der Waals surface area contributed by atoms with E-state index < -0.39 is 24.2 Å². The molecule has 0 radical (unpaired) electrons. The Morgan fingerprint density at radius 3 is 2.42 bits per heavy atom. The van der Waals surface area contributed by atoms with Gasteiger partial charge < -0.3 is 9.47 Å². The van der Waals surface area contributed by atoms with Gasteiger partial charge in [0.1, 0.15) is 12.1 Å². The molecule has 1 aliphatic carbocycles. The van der Waals surface area contributed by atoms with Crippen LogP contribution in [0.3, 0.4) is 0 Å². The van der Waals surface area contributed by atoms with E-state index in [1.54, 1.807) is 49.5 Å². The van der Waals surface area contributed by atoms with Crippen LogP contribution in [0.4, 0.5) is 13.2 Å². The quantitative estimate of drug-likeness (QED) is 0.812. The number of carbonyl (C=O) groups is 1. The molecule has 1 heterocycles. The smallest absolute Gasteiger partial charge is 0.325 e. The second kappa shape index (κ2) is 6.97. The Morgan fingerprint density at radius 1 is 1.19 bits per heavy atom. The molecule has 0 saturated heterocycles. The van der Waals surface area contributed by atoms with Crippen molar-refractivity contribution in [1.29, 1.82) is 0 Å². The van der Waals surface area contributed by atoms with Gasteiger partial charge in [-0.1, -0.05) is 30.3 Å². The van der Waals surface area contributed by atoms with Crippen LogP contribution in [0.15, 0.2) is 47.4 Å². The van der Waals surface area contributed by atoms with Crippen LogP contribution in [-0.2, 0) is 6.54 Å². The summed E-state index contributed by atoms with van der Waals surface area (Å²) in [6.45, 7) is -0.0471. The molecular weight excluding hydrogens is 345 g/mol. The van der Waals surface area contributed by atoms with Gasteiger partial charge in [0, 0.05) is 18.8 Å². The molecular formula is C19H19F3N2O2. The number of alkyl halides is 3. The summed E-state index contributed by atoms with van der Waals surface area (Å²) in [5.74, 6) is -0.885. The lowest BCUT2D eigenvalue weighted by atomic mass is 10.1. The topological polar surface area (TPSA) is 42.3 Å². The second-order valence-corrected chi connectivity index (χ2v) is 6.58. The third-order valence-corrected chi connectivity index (χ3v) is 4.36. The number of rotatable bonds is 5. The van der Waals surface area contributed by atoms with Crippen LogP contribution in [0.1, 0.15) is 40.4 Å². The Kier molecular flexibility index (Phi) is 4.89. The van der Waals surface area contributed by atoms with E-state index in [0.29, 0.717) is 16.0 Å². The van der Waals surface area contributed by atoms with E-state index in [1.807, 2.05) is 0 Å². The number of carbonyl (C=O) groups excluding carboxylic acids is 1. The largest absolute Gasteiger partial charge is 0.406 e. The van der Waals surface area contributed by atoms with Crippen LogP contribution in [0.25, 0.3) is 0 Å². The number of pyridine rings is 1. The summed E-state index contributed by atoms with van der Waals surface area (Å²) < 4.78 is 40.5. The third kappa shape index (κ3) is 4.15. The van der Waals surface area contributed by atoms with Gasteiger partial charge in [-0.25, -0.2) is 0 Å². The fourth-order valence-electron chi connectivity index (χ4n) is 2.92. The SMILES string of the molecule is Cc1ccn(C2CC2)c(=O)c1C(=O)N(Cc1ccccc1)CC(F)(F)F. The predicted octanol–water partition coefficient (Wildman–Crippen LogP) is 3.70. The highest BCUT2D eigenvalue weighted by molar-refractivity contribution is 5.95. The summed E-state index contributed by atoms with van der Waals surface area (Å²) in [4.78, 5) is 26.2. The molecule has 7 heteroatoms. The highest BCUT2D eigenvalue weighted by atomic mass is 19.4. The van der Waals surface area contributed by atoms with Gasteiger partial charge in [-0.05, 0) is 37.0 Å². The van der Waals surface area contributed by atoms with Crippen molar-refractivity contribution in [3.05, 3.63) is 69.6 Å². The molecule has 1 aliphatic rings. The van der Waals surface area contributed by atoms with Crippen LogP contribution in [0.5, 0.6) is 0 Å². The van der Waals surface area contributed by atoms with Gasteiger partial charge in [-0.15, -0.1) is 0 Å². The van der Waals surface area contributed by atoms with Crippen LogP contribution in [0.2, 0.25) is 0 Å². The van der Waals surface area contributed by atoms with Gasteiger partial charge in [0.25, 0.3) is 11.5 Å². The van der Waals surface area contributed by atoms with E-state index in [-0.39, 0.29) is 18.2 Å². The molecule has 1 fully saturated rings. The molecule has 0 aliphatic heterocycles. The molecule has 138 valence electrons. The third-order valence-electron chi connectivity index (χ3n) is 4.36. The Labute approximate surface area is 148 Å². The molecule has 2 aromatic rings. The molecule has 4 nitrogen and oxygen atoms in total. The van der Waals surface area contributed by atoms with Crippen molar-refractivity contribution < 1.29 is 18.0 Å². The number of aryl methyl sites for hydroxylation is 1. The van der Waals surface area contributed by atoms with E-state index in [9.17, 15) is 22.8 Å². The first-order valence-electron chi connectivity index (χ1n) is 8.38. The predicted molar refractivity (Wildman–Crippen MR) is 90.9 cm³/mol. The molecule has 26 heavy (non-hydrogen) atoms. The Morgan fingerprint density at radius 2 is 1.85 bits per heavy atom. The number of benzene rings is 1. The molecule has 1 aromatic carbocycles. The summed E-state index contributed by atoms with van der Waals surface area (Å²) in [6, 6.07) is 10.1. The zero-order valence-corrected chi connectivity index (χ0v) is 14.3. The van der Waals surface area contributed by atoms with E-state index in [4.69, 9.17) is 0 Å². The lowest BCUT2D eigenvalue weighted by molar-refractivity contribution is -0.141. The van der Waals surface area contributed by atoms with E-state index in [2.05, 4.69) is 0 Å². The van der Waals surface area contributed by atoms with Gasteiger partial charge in [0.15, 0.2) is 0 Å². The first-order chi connectivity index (χ1) is 12.3. The van der Waals surface area contributed by atoms with Gasteiger partial charge >= 0.3 is 6.18 Å². The van der Waals surface area contributed by atoms with Crippen molar-refractivity contribution in [2.24, 2.45) is 0 Å². The molecule has 1 saturated carbocycles. The van der Waals surface area contributed by atoms with E-state index in [1.165, 1.54) is 4.57 Å². The number of halogens is 3. The summed E-state index contributed by atoms with van der Waals surface area (Å²) in [5.41, 5.74) is 0.260. The highest BCUT2D eigenvalue weighted by Crippen LogP contribution is 2.33. The number of hydrogen-bond acceptors (Lipinski definition) is 2. The molecule has 0 spiro atoms. The maximum Gasteiger partial charge on any atom is 0.406 e. The van der Waals surface area contributed by atoms with E-state index >= 15 is 0 Å². The van der Waals surface area contributed by atoms with Crippen molar-refractivity contribution >= 4 is 5.91 Å². The zero-order chi connectivity index (χ0) is 18.9. The number of aromatic nitrogens is 1. The van der Waals surface area contributed by atoms with Gasteiger partial charge in [-0.3, -0.25) is 9.59 Å². The fourth-order valence-corrected chi connectivity index (χ4v) is 2.92. The van der Waals surface area contributed by atoms with Gasteiger partial charge in [0.2, 0.25) is 0 Å². The molecule has 0 unspecified atom stereocenters.